The van der Waals surface area contributed by atoms with Crippen molar-refractivity contribution < 1.29 is 22.0 Å². The van der Waals surface area contributed by atoms with Crippen LogP contribution in [0.15, 0.2) is 70.8 Å². The van der Waals surface area contributed by atoms with Crippen LogP contribution >= 0.6 is 0 Å². The largest absolute Gasteiger partial charge is 0.397 e. The van der Waals surface area contributed by atoms with Crippen molar-refractivity contribution >= 4 is 32.3 Å². The van der Waals surface area contributed by atoms with E-state index in [1.165, 1.54) is 42.9 Å². The molecule has 2 aromatic carbocycles. The summed E-state index contributed by atoms with van der Waals surface area (Å²) in [5.74, 6) is -2.53. The minimum Gasteiger partial charge on any atom is -0.397 e. The lowest BCUT2D eigenvalue weighted by Crippen LogP contribution is -2.24. The van der Waals surface area contributed by atoms with Gasteiger partial charge in [-0.3, -0.25) is 9.78 Å². The lowest BCUT2D eigenvalue weighted by molar-refractivity contribution is 0.101. The zero-order valence-electron chi connectivity index (χ0n) is 15.1. The number of nitrogens with one attached hydrogen (secondary N) is 1. The molecule has 0 radical (unpaired) electrons. The Morgan fingerprint density at radius 3 is 2.43 bits per heavy atom. The van der Waals surface area contributed by atoms with Crippen LogP contribution in [0.2, 0.25) is 0 Å². The maximum Gasteiger partial charge on any atom is 0.273 e. The summed E-state index contributed by atoms with van der Waals surface area (Å²) in [7, 11) is -4.17. The average molecular weight is 429 g/mol. The van der Waals surface area contributed by atoms with Gasteiger partial charge in [-0.1, -0.05) is 0 Å². The molecule has 0 saturated carbocycles. The van der Waals surface area contributed by atoms with Gasteiger partial charge in [0.25, 0.3) is 5.91 Å². The van der Waals surface area contributed by atoms with Crippen molar-refractivity contribution in [2.24, 2.45) is 0 Å². The predicted octanol–water partition coefficient (Wildman–Crippen LogP) is 2.51. The number of fused-ring (bicyclic) bond motifs is 1. The van der Waals surface area contributed by atoms with E-state index in [9.17, 15) is 22.0 Å². The predicted molar refractivity (Wildman–Crippen MR) is 104 cm³/mol. The fourth-order valence-corrected chi connectivity index (χ4v) is 4.19. The first-order valence-electron chi connectivity index (χ1n) is 8.45. The SMILES string of the molecule is Nc1cnccc1C(=O)Nn1ncc2cc(S(=O)(=O)c3cc(F)cc(F)c3)ccc21. The Morgan fingerprint density at radius 1 is 1.00 bits per heavy atom. The summed E-state index contributed by atoms with van der Waals surface area (Å²) >= 11 is 0. The standard InChI is InChI=1S/C19H13F2N5O3S/c20-12-6-13(21)8-15(7-12)30(28,29)14-1-2-18-11(5-14)9-24-26(18)25-19(27)16-3-4-23-10-17(16)22/h1-10H,22H2,(H,25,27). The minimum absolute atomic E-state index is 0.177. The highest BCUT2D eigenvalue weighted by Crippen LogP contribution is 2.26. The Labute approximate surface area is 168 Å². The zero-order valence-corrected chi connectivity index (χ0v) is 15.9. The smallest absolute Gasteiger partial charge is 0.273 e. The summed E-state index contributed by atoms with van der Waals surface area (Å²) < 4.78 is 52.4. The van der Waals surface area contributed by atoms with E-state index in [4.69, 9.17) is 5.73 Å². The molecule has 8 nitrogen and oxygen atoms in total. The molecule has 4 rings (SSSR count). The third-order valence-corrected chi connectivity index (χ3v) is 6.03. The number of nitrogen functional groups attached to an aromatic ring is 1. The molecule has 30 heavy (non-hydrogen) atoms. The van der Waals surface area contributed by atoms with Gasteiger partial charge in [-0.25, -0.2) is 22.6 Å². The Kier molecular flexibility index (Phi) is 4.66. The Bertz CT molecular complexity index is 1380. The maximum absolute atomic E-state index is 13.4. The lowest BCUT2D eigenvalue weighted by Gasteiger charge is -2.09. The number of carbonyl (C=O) groups excluding carboxylic acids is 1. The molecule has 0 fully saturated rings. The molecular weight excluding hydrogens is 416 g/mol. The highest BCUT2D eigenvalue weighted by atomic mass is 32.2. The van der Waals surface area contributed by atoms with Crippen LogP contribution in [0.3, 0.4) is 0 Å². The van der Waals surface area contributed by atoms with Gasteiger partial charge in [-0.15, -0.1) is 0 Å². The number of nitrogens with two attached hydrogens (primary N) is 1. The van der Waals surface area contributed by atoms with E-state index in [1.807, 2.05) is 0 Å². The summed E-state index contributed by atoms with van der Waals surface area (Å²) in [6.07, 6.45) is 4.10. The number of sulfone groups is 1. The van der Waals surface area contributed by atoms with Gasteiger partial charge in [0.1, 0.15) is 11.6 Å². The highest BCUT2D eigenvalue weighted by molar-refractivity contribution is 7.91. The van der Waals surface area contributed by atoms with Gasteiger partial charge in [0, 0.05) is 17.6 Å². The van der Waals surface area contributed by atoms with Crippen LogP contribution in [0.4, 0.5) is 14.5 Å². The minimum atomic E-state index is -4.17. The molecule has 0 aliphatic rings. The fourth-order valence-electron chi connectivity index (χ4n) is 2.86. The van der Waals surface area contributed by atoms with E-state index in [1.54, 1.807) is 0 Å². The first-order chi connectivity index (χ1) is 14.3. The Hall–Kier alpha value is -3.86. The van der Waals surface area contributed by atoms with Crippen LogP contribution in [0.1, 0.15) is 10.4 Å². The lowest BCUT2D eigenvalue weighted by atomic mass is 10.2. The second kappa shape index (κ2) is 7.19. The van der Waals surface area contributed by atoms with E-state index in [-0.39, 0.29) is 16.1 Å². The molecular formula is C19H13F2N5O3S. The van der Waals surface area contributed by atoms with E-state index in [0.717, 1.165) is 16.9 Å². The van der Waals surface area contributed by atoms with Crippen LogP contribution in [-0.2, 0) is 9.84 Å². The summed E-state index contributed by atoms with van der Waals surface area (Å²) in [6, 6.07) is 7.48. The first-order valence-corrected chi connectivity index (χ1v) is 9.94. The molecule has 152 valence electrons. The zero-order chi connectivity index (χ0) is 21.5. The Morgan fingerprint density at radius 2 is 1.73 bits per heavy atom. The molecule has 0 atom stereocenters. The summed E-state index contributed by atoms with van der Waals surface area (Å²) in [5, 5.41) is 4.41. The van der Waals surface area contributed by atoms with Crippen molar-refractivity contribution in [1.29, 1.82) is 0 Å². The van der Waals surface area contributed by atoms with Crippen molar-refractivity contribution in [1.82, 2.24) is 14.9 Å². The van der Waals surface area contributed by atoms with E-state index in [0.29, 0.717) is 17.0 Å². The topological polar surface area (TPSA) is 120 Å². The fraction of sp³-hybridized carbons (Fsp3) is 0. The van der Waals surface area contributed by atoms with E-state index in [2.05, 4.69) is 15.5 Å². The molecule has 0 bridgehead atoms. The quantitative estimate of drug-likeness (QED) is 0.514. The molecule has 1 amide bonds. The number of hydrogen-bond acceptors (Lipinski definition) is 6. The van der Waals surface area contributed by atoms with Crippen molar-refractivity contribution in [3.63, 3.8) is 0 Å². The number of amides is 1. The van der Waals surface area contributed by atoms with Crippen LogP contribution in [0.25, 0.3) is 10.9 Å². The average Bonchev–Trinajstić information content (AvgIpc) is 3.09. The van der Waals surface area contributed by atoms with Gasteiger partial charge >= 0.3 is 0 Å². The molecule has 2 aromatic heterocycles. The molecule has 11 heteroatoms. The third kappa shape index (κ3) is 3.46. The number of halogens is 2. The van der Waals surface area contributed by atoms with Crippen molar-refractivity contribution in [2.75, 3.05) is 11.2 Å². The summed E-state index contributed by atoms with van der Waals surface area (Å²) in [6.45, 7) is 0. The number of aromatic nitrogens is 3. The summed E-state index contributed by atoms with van der Waals surface area (Å²) in [5.41, 5.74) is 9.05. The number of benzene rings is 2. The number of carbonyl (C=O) groups is 1. The van der Waals surface area contributed by atoms with Crippen LogP contribution in [-0.4, -0.2) is 29.2 Å². The number of anilines is 1. The van der Waals surface area contributed by atoms with Gasteiger partial charge < -0.3 is 5.73 Å². The first kappa shape index (κ1) is 19.5. The summed E-state index contributed by atoms with van der Waals surface area (Å²) in [4.78, 5) is 16.7. The van der Waals surface area contributed by atoms with Gasteiger partial charge in [0.05, 0.1) is 39.0 Å². The van der Waals surface area contributed by atoms with Crippen molar-refractivity contribution in [3.8, 4) is 0 Å². The normalized spacial score (nSPS) is 11.5. The second-order valence-electron chi connectivity index (χ2n) is 6.29. The number of rotatable bonds is 4. The van der Waals surface area contributed by atoms with Gasteiger partial charge in [0.2, 0.25) is 9.84 Å². The Balaban J connectivity index is 1.69. The molecule has 4 aromatic rings. The van der Waals surface area contributed by atoms with Gasteiger partial charge in [-0.05, 0) is 36.4 Å². The molecule has 0 unspecified atom stereocenters. The molecule has 2 heterocycles. The number of pyridine rings is 1. The molecule has 0 saturated heterocycles. The molecule has 0 aliphatic heterocycles. The number of nitrogens with zero attached hydrogens (tertiary/aromatic N) is 3. The van der Waals surface area contributed by atoms with Crippen LogP contribution in [0, 0.1) is 11.6 Å². The maximum atomic E-state index is 13.4. The van der Waals surface area contributed by atoms with Crippen molar-refractivity contribution in [2.45, 2.75) is 9.79 Å². The van der Waals surface area contributed by atoms with Gasteiger partial charge in [0.15, 0.2) is 0 Å². The van der Waals surface area contributed by atoms with Crippen LogP contribution < -0.4 is 11.2 Å². The molecule has 0 aliphatic carbocycles. The second-order valence-corrected chi connectivity index (χ2v) is 8.24. The van der Waals surface area contributed by atoms with Crippen LogP contribution in [0.5, 0.6) is 0 Å². The van der Waals surface area contributed by atoms with E-state index < -0.39 is 32.3 Å². The monoisotopic (exact) mass is 429 g/mol. The van der Waals surface area contributed by atoms with Crippen molar-refractivity contribution in [3.05, 3.63) is 78.3 Å². The molecule has 3 N–H and O–H groups in total. The third-order valence-electron chi connectivity index (χ3n) is 4.30. The highest BCUT2D eigenvalue weighted by Gasteiger charge is 2.21. The number of hydrogen-bond donors (Lipinski definition) is 2. The van der Waals surface area contributed by atoms with Gasteiger partial charge in [-0.2, -0.15) is 9.89 Å². The van der Waals surface area contributed by atoms with E-state index >= 15 is 0 Å². The molecule has 0 spiro atoms.